The molecule has 1 unspecified atom stereocenters. The molecule has 1 atom stereocenters. The largest absolute Gasteiger partial charge is 0.496 e. The number of aryl methyl sites for hydroxylation is 1. The van der Waals surface area contributed by atoms with E-state index in [4.69, 9.17) is 4.74 Å². The van der Waals surface area contributed by atoms with E-state index in [1.165, 1.54) is 33.1 Å². The SMILES string of the molecule is COc1ccc(NC(=O)C(C)Cn2nc(C(F)(F)F)cc2C)c([N+](=O)[O-])c1. The maximum atomic E-state index is 12.7. The summed E-state index contributed by atoms with van der Waals surface area (Å²) in [6, 6.07) is 4.81. The van der Waals surface area contributed by atoms with Gasteiger partial charge in [0.25, 0.3) is 5.69 Å². The molecule has 1 aromatic heterocycles. The lowest BCUT2D eigenvalue weighted by Crippen LogP contribution is -2.25. The molecule has 0 fully saturated rings. The van der Waals surface area contributed by atoms with Gasteiger partial charge in [-0.2, -0.15) is 18.3 Å². The molecule has 2 aromatic rings. The van der Waals surface area contributed by atoms with E-state index in [9.17, 15) is 28.1 Å². The van der Waals surface area contributed by atoms with Crippen LogP contribution in [0.5, 0.6) is 5.75 Å². The van der Waals surface area contributed by atoms with Gasteiger partial charge in [0, 0.05) is 5.69 Å². The molecule has 27 heavy (non-hydrogen) atoms. The molecular formula is C16H17F3N4O4. The molecule has 8 nitrogen and oxygen atoms in total. The number of hydrogen-bond acceptors (Lipinski definition) is 5. The highest BCUT2D eigenvalue weighted by Crippen LogP contribution is 2.30. The van der Waals surface area contributed by atoms with E-state index in [0.717, 1.165) is 16.8 Å². The summed E-state index contributed by atoms with van der Waals surface area (Å²) in [7, 11) is 1.35. The molecule has 0 saturated heterocycles. The Labute approximate surface area is 152 Å². The molecule has 11 heteroatoms. The zero-order valence-electron chi connectivity index (χ0n) is 14.7. The summed E-state index contributed by atoms with van der Waals surface area (Å²) in [6.07, 6.45) is -4.58. The van der Waals surface area contributed by atoms with Crippen molar-refractivity contribution in [1.29, 1.82) is 0 Å². The maximum Gasteiger partial charge on any atom is 0.435 e. The van der Waals surface area contributed by atoms with Gasteiger partial charge in [0.2, 0.25) is 5.91 Å². The minimum absolute atomic E-state index is 0.0363. The van der Waals surface area contributed by atoms with Gasteiger partial charge in [-0.1, -0.05) is 6.92 Å². The van der Waals surface area contributed by atoms with Crippen LogP contribution in [-0.4, -0.2) is 27.7 Å². The second-order valence-corrected chi connectivity index (χ2v) is 5.88. The number of rotatable bonds is 6. The van der Waals surface area contributed by atoms with Gasteiger partial charge in [0.15, 0.2) is 5.69 Å². The number of carbonyl (C=O) groups excluding carboxylic acids is 1. The first-order valence-electron chi connectivity index (χ1n) is 7.78. The number of nitrogens with zero attached hydrogens (tertiary/aromatic N) is 3. The number of alkyl halides is 3. The maximum absolute atomic E-state index is 12.7. The highest BCUT2D eigenvalue weighted by atomic mass is 19.4. The molecule has 0 aliphatic carbocycles. The van der Waals surface area contributed by atoms with E-state index >= 15 is 0 Å². The fourth-order valence-electron chi connectivity index (χ4n) is 2.33. The number of nitro benzene ring substituents is 1. The Bertz CT molecular complexity index is 864. The van der Waals surface area contributed by atoms with E-state index in [0.29, 0.717) is 0 Å². The zero-order chi connectivity index (χ0) is 20.4. The van der Waals surface area contributed by atoms with Gasteiger partial charge < -0.3 is 10.1 Å². The molecule has 0 aliphatic rings. The lowest BCUT2D eigenvalue weighted by atomic mass is 10.1. The Morgan fingerprint density at radius 1 is 1.41 bits per heavy atom. The highest BCUT2D eigenvalue weighted by molar-refractivity contribution is 5.94. The number of hydrogen-bond donors (Lipinski definition) is 1. The van der Waals surface area contributed by atoms with E-state index in [1.54, 1.807) is 0 Å². The smallest absolute Gasteiger partial charge is 0.435 e. The lowest BCUT2D eigenvalue weighted by molar-refractivity contribution is -0.384. The van der Waals surface area contributed by atoms with Crippen LogP contribution in [0, 0.1) is 23.0 Å². The molecule has 0 spiro atoms. The van der Waals surface area contributed by atoms with Gasteiger partial charge in [-0.05, 0) is 25.1 Å². The average Bonchev–Trinajstić information content (AvgIpc) is 2.96. The summed E-state index contributed by atoms with van der Waals surface area (Å²) >= 11 is 0. The molecule has 1 aromatic carbocycles. The van der Waals surface area contributed by atoms with Crippen LogP contribution in [0.1, 0.15) is 18.3 Å². The van der Waals surface area contributed by atoms with Gasteiger partial charge in [-0.25, -0.2) is 0 Å². The van der Waals surface area contributed by atoms with Crippen molar-refractivity contribution in [3.8, 4) is 5.75 Å². The number of ether oxygens (including phenoxy) is 1. The van der Waals surface area contributed by atoms with Crippen LogP contribution in [0.4, 0.5) is 24.5 Å². The van der Waals surface area contributed by atoms with Crippen LogP contribution < -0.4 is 10.1 Å². The van der Waals surface area contributed by atoms with Gasteiger partial charge >= 0.3 is 6.18 Å². The second kappa shape index (κ2) is 7.64. The number of methoxy groups -OCH3 is 1. The zero-order valence-corrected chi connectivity index (χ0v) is 14.7. The molecule has 0 bridgehead atoms. The third-order valence-electron chi connectivity index (χ3n) is 3.83. The first-order valence-corrected chi connectivity index (χ1v) is 7.78. The second-order valence-electron chi connectivity index (χ2n) is 5.88. The number of amides is 1. The number of nitrogens with one attached hydrogen (secondary N) is 1. The number of carbonyl (C=O) groups is 1. The van der Waals surface area contributed by atoms with Crippen LogP contribution in [0.15, 0.2) is 24.3 Å². The summed E-state index contributed by atoms with van der Waals surface area (Å²) in [5, 5.41) is 17.0. The molecular weight excluding hydrogens is 369 g/mol. The number of aromatic nitrogens is 2. The standard InChI is InChI=1S/C16H17F3N4O4/c1-9(8-22-10(2)6-14(21-22)16(17,18)19)15(24)20-12-5-4-11(27-3)7-13(12)23(25)26/h4-7,9H,8H2,1-3H3,(H,20,24). The fourth-order valence-corrected chi connectivity index (χ4v) is 2.33. The molecule has 1 heterocycles. The lowest BCUT2D eigenvalue weighted by Gasteiger charge is -2.14. The Morgan fingerprint density at radius 2 is 2.07 bits per heavy atom. The molecule has 2 rings (SSSR count). The van der Waals surface area contributed by atoms with Crippen LogP contribution in [0.3, 0.4) is 0 Å². The summed E-state index contributed by atoms with van der Waals surface area (Å²) in [6.45, 7) is 2.82. The molecule has 0 saturated carbocycles. The van der Waals surface area contributed by atoms with E-state index in [-0.39, 0.29) is 29.4 Å². The Balaban J connectivity index is 2.15. The predicted octanol–water partition coefficient (Wildman–Crippen LogP) is 3.40. The number of anilines is 1. The van der Waals surface area contributed by atoms with Crippen molar-refractivity contribution >= 4 is 17.3 Å². The third-order valence-corrected chi connectivity index (χ3v) is 3.83. The predicted molar refractivity (Wildman–Crippen MR) is 89.4 cm³/mol. The van der Waals surface area contributed by atoms with Crippen LogP contribution in [-0.2, 0) is 17.5 Å². The first-order chi connectivity index (χ1) is 12.5. The summed E-state index contributed by atoms with van der Waals surface area (Å²) in [5.74, 6) is -1.13. The van der Waals surface area contributed by atoms with E-state index in [1.807, 2.05) is 0 Å². The molecule has 0 radical (unpaired) electrons. The van der Waals surface area contributed by atoms with Gasteiger partial charge in [0.1, 0.15) is 11.4 Å². The molecule has 146 valence electrons. The van der Waals surface area contributed by atoms with Gasteiger partial charge in [-0.15, -0.1) is 0 Å². The van der Waals surface area contributed by atoms with Crippen molar-refractivity contribution in [3.63, 3.8) is 0 Å². The summed E-state index contributed by atoms with van der Waals surface area (Å²) < 4.78 is 44.1. The van der Waals surface area contributed by atoms with E-state index < -0.39 is 28.6 Å². The van der Waals surface area contributed by atoms with Crippen molar-refractivity contribution in [1.82, 2.24) is 9.78 Å². The van der Waals surface area contributed by atoms with Gasteiger partial charge in [0.05, 0.1) is 30.6 Å². The Hall–Kier alpha value is -3.11. The van der Waals surface area contributed by atoms with Crippen molar-refractivity contribution in [2.45, 2.75) is 26.6 Å². The number of halogens is 3. The normalized spacial score (nSPS) is 12.5. The first kappa shape index (κ1) is 20.2. The quantitative estimate of drug-likeness (QED) is 0.606. The summed E-state index contributed by atoms with van der Waals surface area (Å²) in [5.41, 5.74) is -1.19. The van der Waals surface area contributed by atoms with Gasteiger partial charge in [-0.3, -0.25) is 19.6 Å². The van der Waals surface area contributed by atoms with Crippen LogP contribution in [0.25, 0.3) is 0 Å². The number of benzene rings is 1. The van der Waals surface area contributed by atoms with Crippen molar-refractivity contribution in [3.05, 3.63) is 45.8 Å². The average molecular weight is 386 g/mol. The van der Waals surface area contributed by atoms with Crippen LogP contribution >= 0.6 is 0 Å². The third kappa shape index (κ3) is 4.74. The minimum atomic E-state index is -4.58. The fraction of sp³-hybridized carbons (Fsp3) is 0.375. The van der Waals surface area contributed by atoms with E-state index in [2.05, 4.69) is 10.4 Å². The Morgan fingerprint density at radius 3 is 2.59 bits per heavy atom. The molecule has 1 amide bonds. The molecule has 0 aliphatic heterocycles. The van der Waals surface area contributed by atoms with Crippen molar-refractivity contribution in [2.24, 2.45) is 5.92 Å². The monoisotopic (exact) mass is 386 g/mol. The Kier molecular flexibility index (Phi) is 5.72. The minimum Gasteiger partial charge on any atom is -0.496 e. The van der Waals surface area contributed by atoms with Crippen LogP contribution in [0.2, 0.25) is 0 Å². The highest BCUT2D eigenvalue weighted by Gasteiger charge is 2.34. The van der Waals surface area contributed by atoms with Crippen molar-refractivity contribution < 1.29 is 27.6 Å². The van der Waals surface area contributed by atoms with Crippen molar-refractivity contribution in [2.75, 3.05) is 12.4 Å². The number of nitro groups is 1. The topological polar surface area (TPSA) is 99.3 Å². The molecule has 1 N–H and O–H groups in total. The summed E-state index contributed by atoms with van der Waals surface area (Å²) in [4.78, 5) is 22.8.